The molecular formula is C22H27N4O7P. The van der Waals surface area contributed by atoms with Crippen molar-refractivity contribution in [2.24, 2.45) is 5.92 Å². The molecule has 0 aromatic carbocycles. The van der Waals surface area contributed by atoms with E-state index in [1.165, 1.54) is 13.3 Å². The van der Waals surface area contributed by atoms with Crippen molar-refractivity contribution in [1.82, 2.24) is 14.8 Å². The number of methoxy groups -OCH3 is 1. The monoisotopic (exact) mass is 490 g/mol. The number of nitrogens with zero attached hydrogens (tertiary/aromatic N) is 4. The lowest BCUT2D eigenvalue weighted by atomic mass is 9.94. The Bertz CT molecular complexity index is 1300. The number of fused-ring (bicyclic) bond motifs is 1. The minimum atomic E-state index is -3.99. The van der Waals surface area contributed by atoms with Crippen molar-refractivity contribution in [3.63, 3.8) is 0 Å². The highest BCUT2D eigenvalue weighted by molar-refractivity contribution is 7.51. The van der Waals surface area contributed by atoms with E-state index in [1.54, 1.807) is 25.1 Å². The third-order valence-corrected chi connectivity index (χ3v) is 6.90. The van der Waals surface area contributed by atoms with Crippen molar-refractivity contribution in [2.75, 3.05) is 31.3 Å². The number of furan rings is 1. The van der Waals surface area contributed by atoms with Crippen LogP contribution < -0.4 is 15.2 Å². The van der Waals surface area contributed by atoms with Crippen LogP contribution in [0.3, 0.4) is 0 Å². The lowest BCUT2D eigenvalue weighted by Gasteiger charge is -2.33. The van der Waals surface area contributed by atoms with Crippen molar-refractivity contribution in [2.45, 2.75) is 32.7 Å². The van der Waals surface area contributed by atoms with Crippen LogP contribution in [0.4, 0.5) is 5.82 Å². The van der Waals surface area contributed by atoms with Gasteiger partial charge >= 0.3 is 7.60 Å². The Hall–Kier alpha value is -3.01. The Morgan fingerprint density at radius 1 is 1.29 bits per heavy atom. The number of aromatic nitrogens is 3. The molecule has 1 aliphatic rings. The van der Waals surface area contributed by atoms with Crippen LogP contribution >= 0.6 is 7.60 Å². The van der Waals surface area contributed by atoms with Gasteiger partial charge in [0.1, 0.15) is 23.5 Å². The molecule has 0 radical (unpaired) electrons. The van der Waals surface area contributed by atoms with Gasteiger partial charge in [-0.15, -0.1) is 0 Å². The lowest BCUT2D eigenvalue weighted by molar-refractivity contribution is 0.0937. The molecule has 1 aliphatic heterocycles. The molecule has 0 unspecified atom stereocenters. The van der Waals surface area contributed by atoms with Crippen molar-refractivity contribution in [3.05, 3.63) is 46.3 Å². The summed E-state index contributed by atoms with van der Waals surface area (Å²) in [5.74, 6) is 1.43. The molecule has 11 nitrogen and oxygen atoms in total. The number of ketones is 1. The highest BCUT2D eigenvalue weighted by Crippen LogP contribution is 2.38. The zero-order chi connectivity index (χ0) is 24.5. The molecule has 34 heavy (non-hydrogen) atoms. The van der Waals surface area contributed by atoms with Gasteiger partial charge in [-0.2, -0.15) is 10.1 Å². The van der Waals surface area contributed by atoms with Gasteiger partial charge in [0.05, 0.1) is 19.5 Å². The molecule has 3 aromatic rings. The summed E-state index contributed by atoms with van der Waals surface area (Å²) in [5.41, 5.74) is -0.485. The quantitative estimate of drug-likeness (QED) is 0.356. The molecule has 4 heterocycles. The third-order valence-electron chi connectivity index (χ3n) is 6.06. The van der Waals surface area contributed by atoms with Crippen LogP contribution in [0.15, 0.2) is 33.6 Å². The van der Waals surface area contributed by atoms with E-state index in [1.807, 2.05) is 0 Å². The number of hydrogen-bond donors (Lipinski definition) is 2. The van der Waals surface area contributed by atoms with Crippen LogP contribution in [0.2, 0.25) is 0 Å². The van der Waals surface area contributed by atoms with Crippen LogP contribution in [0.25, 0.3) is 10.8 Å². The van der Waals surface area contributed by atoms with Crippen molar-refractivity contribution in [3.8, 4) is 5.88 Å². The van der Waals surface area contributed by atoms with Gasteiger partial charge in [0.25, 0.3) is 5.56 Å². The average Bonchev–Trinajstić information content (AvgIpc) is 3.25. The Kier molecular flexibility index (Phi) is 6.88. The maximum absolute atomic E-state index is 13.1. The molecule has 0 aliphatic carbocycles. The number of pyridine rings is 1. The number of rotatable bonds is 8. The molecule has 12 heteroatoms. The first-order chi connectivity index (χ1) is 16.1. The Balaban J connectivity index is 1.54. The number of carbonyl (C=O) groups excluding carboxylic acids is 1. The van der Waals surface area contributed by atoms with E-state index < -0.39 is 13.2 Å². The molecule has 0 amide bonds. The minimum absolute atomic E-state index is 0.0975. The largest absolute Gasteiger partial charge is 0.480 e. The van der Waals surface area contributed by atoms with E-state index in [0.717, 1.165) is 17.5 Å². The van der Waals surface area contributed by atoms with E-state index in [9.17, 15) is 14.2 Å². The maximum Gasteiger partial charge on any atom is 0.325 e. The summed E-state index contributed by atoms with van der Waals surface area (Å²) in [4.78, 5) is 50.4. The second kappa shape index (κ2) is 9.69. The second-order valence-electron chi connectivity index (χ2n) is 8.50. The lowest BCUT2D eigenvalue weighted by Crippen LogP contribution is -2.34. The number of aryl methyl sites for hydroxylation is 1. The first-order valence-electron chi connectivity index (χ1n) is 11.0. The Morgan fingerprint density at radius 2 is 2.03 bits per heavy atom. The number of carbonyl (C=O) groups is 1. The fraction of sp³-hybridized carbons (Fsp3) is 0.455. The van der Waals surface area contributed by atoms with E-state index in [2.05, 4.69) is 15.0 Å². The number of piperidine rings is 1. The summed E-state index contributed by atoms with van der Waals surface area (Å²) in [5, 5.41) is 4.95. The van der Waals surface area contributed by atoms with Crippen molar-refractivity contribution in [1.29, 1.82) is 0 Å². The molecule has 4 rings (SSSR count). The van der Waals surface area contributed by atoms with Crippen LogP contribution in [-0.4, -0.2) is 56.7 Å². The van der Waals surface area contributed by atoms with E-state index >= 15 is 0 Å². The predicted molar refractivity (Wildman–Crippen MR) is 125 cm³/mol. The van der Waals surface area contributed by atoms with Crippen molar-refractivity contribution >= 4 is 30.0 Å². The first-order valence-corrected chi connectivity index (χ1v) is 12.8. The molecule has 0 saturated carbocycles. The molecule has 182 valence electrons. The molecule has 1 saturated heterocycles. The standard InChI is InChI=1S/C22H27N4O7P/c1-14-3-4-18(33-14)17(27)13-26-22(28)20-16(12-23-26)11-19(24-21(20)32-2)25-8-5-15(6-9-25)7-10-34(29,30)31/h3-4,11-12,15H,5-10,13H2,1-2H3,(H2,29,30,31). The fourth-order valence-corrected chi connectivity index (χ4v) is 4.88. The smallest absolute Gasteiger partial charge is 0.325 e. The zero-order valence-corrected chi connectivity index (χ0v) is 19.9. The highest BCUT2D eigenvalue weighted by Gasteiger charge is 2.25. The summed E-state index contributed by atoms with van der Waals surface area (Å²) in [7, 11) is -2.55. The van der Waals surface area contributed by atoms with Gasteiger partial charge in [-0.05, 0) is 50.3 Å². The van der Waals surface area contributed by atoms with Gasteiger partial charge in [0.2, 0.25) is 11.7 Å². The van der Waals surface area contributed by atoms with E-state index in [4.69, 9.17) is 18.9 Å². The van der Waals surface area contributed by atoms with Gasteiger partial charge in [0.15, 0.2) is 5.76 Å². The number of ether oxygens (including phenoxy) is 1. The SMILES string of the molecule is COc1nc(N2CCC(CCP(=O)(O)O)CC2)cc2cnn(CC(=O)c3ccc(C)o3)c(=O)c12. The average molecular weight is 490 g/mol. The van der Waals surface area contributed by atoms with Gasteiger partial charge in [-0.3, -0.25) is 14.2 Å². The molecule has 0 spiro atoms. The summed E-state index contributed by atoms with van der Waals surface area (Å²) in [6.45, 7) is 2.81. The fourth-order valence-electron chi connectivity index (χ4n) is 4.18. The predicted octanol–water partition coefficient (Wildman–Crippen LogP) is 2.37. The summed E-state index contributed by atoms with van der Waals surface area (Å²) >= 11 is 0. The second-order valence-corrected chi connectivity index (χ2v) is 10.3. The van der Waals surface area contributed by atoms with Crippen LogP contribution in [-0.2, 0) is 11.1 Å². The molecular weight excluding hydrogens is 463 g/mol. The Morgan fingerprint density at radius 3 is 2.65 bits per heavy atom. The molecule has 3 aromatic heterocycles. The van der Waals surface area contributed by atoms with E-state index in [-0.39, 0.29) is 41.4 Å². The maximum atomic E-state index is 13.1. The first kappa shape index (κ1) is 24.1. The molecule has 2 N–H and O–H groups in total. The van der Waals surface area contributed by atoms with Crippen molar-refractivity contribution < 1.29 is 28.3 Å². The zero-order valence-electron chi connectivity index (χ0n) is 19.0. The van der Waals surface area contributed by atoms with Crippen LogP contribution in [0, 0.1) is 12.8 Å². The molecule has 1 fully saturated rings. The molecule has 0 atom stereocenters. The number of hydrogen-bond acceptors (Lipinski definition) is 8. The number of Topliss-reactive ketones (excluding diaryl/α,β-unsaturated/α-hetero) is 1. The summed E-state index contributed by atoms with van der Waals surface area (Å²) in [6.07, 6.45) is 3.48. The van der Waals surface area contributed by atoms with Crippen LogP contribution in [0.5, 0.6) is 5.88 Å². The molecule has 0 bridgehead atoms. The minimum Gasteiger partial charge on any atom is -0.480 e. The van der Waals surface area contributed by atoms with Gasteiger partial charge in [0, 0.05) is 18.5 Å². The van der Waals surface area contributed by atoms with Crippen LogP contribution in [0.1, 0.15) is 35.6 Å². The number of anilines is 1. The third kappa shape index (κ3) is 5.38. The topological polar surface area (TPSA) is 148 Å². The highest BCUT2D eigenvalue weighted by atomic mass is 31.2. The van der Waals surface area contributed by atoms with Gasteiger partial charge < -0.3 is 23.8 Å². The van der Waals surface area contributed by atoms with Gasteiger partial charge in [-0.25, -0.2) is 4.68 Å². The normalized spacial score (nSPS) is 15.1. The summed E-state index contributed by atoms with van der Waals surface area (Å²) in [6, 6.07) is 5.01. The van der Waals surface area contributed by atoms with Gasteiger partial charge in [-0.1, -0.05) is 0 Å². The summed E-state index contributed by atoms with van der Waals surface area (Å²) < 4.78 is 23.0. The Labute approximate surface area is 195 Å². The van der Waals surface area contributed by atoms with E-state index in [0.29, 0.717) is 36.5 Å².